The second kappa shape index (κ2) is 10.6. The van der Waals surface area contributed by atoms with Crippen molar-refractivity contribution in [2.24, 2.45) is 0 Å². The number of nitriles is 1. The van der Waals surface area contributed by atoms with Gasteiger partial charge in [-0.15, -0.1) is 0 Å². The molecule has 2 aromatic rings. The molecule has 0 aliphatic carbocycles. The number of benzene rings is 2. The van der Waals surface area contributed by atoms with Crippen molar-refractivity contribution < 1.29 is 14.3 Å². The summed E-state index contributed by atoms with van der Waals surface area (Å²) < 4.78 is 10.7. The molecule has 1 aliphatic heterocycles. The van der Waals surface area contributed by atoms with E-state index < -0.39 is 0 Å². The molecule has 30 heavy (non-hydrogen) atoms. The zero-order valence-electron chi connectivity index (χ0n) is 17.6. The van der Waals surface area contributed by atoms with Crippen LogP contribution in [0.15, 0.2) is 42.5 Å². The lowest BCUT2D eigenvalue weighted by molar-refractivity contribution is -0.123. The minimum absolute atomic E-state index is 0.121. The van der Waals surface area contributed by atoms with Crippen LogP contribution in [0.2, 0.25) is 0 Å². The van der Waals surface area contributed by atoms with Crippen LogP contribution in [0.3, 0.4) is 0 Å². The van der Waals surface area contributed by atoms with Crippen LogP contribution in [0.1, 0.15) is 16.7 Å². The van der Waals surface area contributed by atoms with Crippen LogP contribution in [0.4, 0.5) is 0 Å². The molecule has 158 valence electrons. The summed E-state index contributed by atoms with van der Waals surface area (Å²) in [5.41, 5.74) is 2.80. The maximum Gasteiger partial charge on any atom is 0.258 e. The molecule has 7 heteroatoms. The normalized spacial score (nSPS) is 14.7. The van der Waals surface area contributed by atoms with Crippen molar-refractivity contribution in [2.45, 2.75) is 13.1 Å². The third-order valence-electron chi connectivity index (χ3n) is 5.17. The van der Waals surface area contributed by atoms with Gasteiger partial charge >= 0.3 is 0 Å². The van der Waals surface area contributed by atoms with Crippen LogP contribution in [0.25, 0.3) is 0 Å². The zero-order valence-corrected chi connectivity index (χ0v) is 17.6. The van der Waals surface area contributed by atoms with Crippen LogP contribution in [-0.4, -0.2) is 62.7 Å². The molecule has 0 spiro atoms. The Morgan fingerprint density at radius 1 is 1.07 bits per heavy atom. The minimum atomic E-state index is -0.220. The van der Waals surface area contributed by atoms with E-state index in [0.29, 0.717) is 23.6 Å². The Kier molecular flexibility index (Phi) is 7.66. The molecule has 0 aromatic heterocycles. The van der Waals surface area contributed by atoms with Crippen molar-refractivity contribution in [3.8, 4) is 17.6 Å². The molecule has 0 unspecified atom stereocenters. The van der Waals surface area contributed by atoms with Gasteiger partial charge in [-0.3, -0.25) is 9.69 Å². The summed E-state index contributed by atoms with van der Waals surface area (Å²) in [6.07, 6.45) is 0. The SMILES string of the molecule is COc1cc(C#N)ccc1OCC(=O)NCc1ccc(CN2CCN(C)CC2)cc1. The lowest BCUT2D eigenvalue weighted by Crippen LogP contribution is -2.43. The fourth-order valence-corrected chi connectivity index (χ4v) is 3.28. The Morgan fingerprint density at radius 3 is 2.43 bits per heavy atom. The summed E-state index contributed by atoms with van der Waals surface area (Å²) in [6, 6.07) is 15.2. The molecule has 0 saturated carbocycles. The Balaban J connectivity index is 1.43. The van der Waals surface area contributed by atoms with E-state index in [1.807, 2.05) is 6.07 Å². The molecule has 7 nitrogen and oxygen atoms in total. The van der Waals surface area contributed by atoms with Crippen molar-refractivity contribution >= 4 is 5.91 Å². The van der Waals surface area contributed by atoms with Crippen molar-refractivity contribution in [1.82, 2.24) is 15.1 Å². The lowest BCUT2D eigenvalue weighted by Gasteiger charge is -2.32. The molecular formula is C23H28N4O3. The van der Waals surface area contributed by atoms with E-state index in [1.165, 1.54) is 12.7 Å². The van der Waals surface area contributed by atoms with Gasteiger partial charge in [-0.05, 0) is 30.3 Å². The molecule has 3 rings (SSSR count). The second-order valence-corrected chi connectivity index (χ2v) is 7.44. The van der Waals surface area contributed by atoms with Gasteiger partial charge in [0.1, 0.15) is 0 Å². The number of ether oxygens (including phenoxy) is 2. The summed E-state index contributed by atoms with van der Waals surface area (Å²) >= 11 is 0. The summed E-state index contributed by atoms with van der Waals surface area (Å²) in [6.45, 7) is 5.70. The highest BCUT2D eigenvalue weighted by Gasteiger charge is 2.14. The Bertz CT molecular complexity index is 884. The summed E-state index contributed by atoms with van der Waals surface area (Å²) in [4.78, 5) is 16.9. The second-order valence-electron chi connectivity index (χ2n) is 7.44. The lowest BCUT2D eigenvalue weighted by atomic mass is 10.1. The number of piperazine rings is 1. The average molecular weight is 409 g/mol. The monoisotopic (exact) mass is 408 g/mol. The molecule has 0 bridgehead atoms. The number of carbonyl (C=O) groups is 1. The van der Waals surface area contributed by atoms with Crippen molar-refractivity contribution in [2.75, 3.05) is 46.9 Å². The van der Waals surface area contributed by atoms with Crippen molar-refractivity contribution in [3.63, 3.8) is 0 Å². The average Bonchev–Trinajstić information content (AvgIpc) is 2.78. The van der Waals surface area contributed by atoms with E-state index in [9.17, 15) is 4.79 Å². The Morgan fingerprint density at radius 2 is 1.77 bits per heavy atom. The van der Waals surface area contributed by atoms with Crippen LogP contribution < -0.4 is 14.8 Å². The number of likely N-dealkylation sites (N-methyl/N-ethyl adjacent to an activating group) is 1. The quantitative estimate of drug-likeness (QED) is 0.720. The third kappa shape index (κ3) is 6.21. The summed E-state index contributed by atoms with van der Waals surface area (Å²) in [5.74, 6) is 0.639. The molecule has 1 amide bonds. The van der Waals surface area contributed by atoms with Gasteiger partial charge in [0, 0.05) is 45.3 Å². The van der Waals surface area contributed by atoms with Gasteiger partial charge in [-0.1, -0.05) is 24.3 Å². The molecule has 0 radical (unpaired) electrons. The first kappa shape index (κ1) is 21.6. The molecule has 1 aliphatic rings. The molecule has 1 N–H and O–H groups in total. The molecular weight excluding hydrogens is 380 g/mol. The zero-order chi connectivity index (χ0) is 21.3. The van der Waals surface area contributed by atoms with Crippen LogP contribution in [0.5, 0.6) is 11.5 Å². The first-order valence-corrected chi connectivity index (χ1v) is 10.0. The molecule has 1 heterocycles. The third-order valence-corrected chi connectivity index (χ3v) is 5.17. The molecule has 1 saturated heterocycles. The standard InChI is InChI=1S/C23H28N4O3/c1-26-9-11-27(12-10-26)16-19-5-3-18(4-6-19)15-25-23(28)17-30-21-8-7-20(14-24)13-22(21)29-2/h3-8,13H,9-12,15-17H2,1-2H3,(H,25,28). The number of hydrogen-bond donors (Lipinski definition) is 1. The molecule has 2 aromatic carbocycles. The number of nitrogens with one attached hydrogen (secondary N) is 1. The predicted molar refractivity (Wildman–Crippen MR) is 114 cm³/mol. The minimum Gasteiger partial charge on any atom is -0.493 e. The number of methoxy groups -OCH3 is 1. The van der Waals surface area contributed by atoms with Gasteiger partial charge < -0.3 is 19.7 Å². The number of amides is 1. The van der Waals surface area contributed by atoms with Gasteiger partial charge in [-0.2, -0.15) is 5.26 Å². The highest BCUT2D eigenvalue weighted by atomic mass is 16.5. The van der Waals surface area contributed by atoms with E-state index in [4.69, 9.17) is 14.7 Å². The topological polar surface area (TPSA) is 77.8 Å². The van der Waals surface area contributed by atoms with Crippen LogP contribution in [-0.2, 0) is 17.9 Å². The van der Waals surface area contributed by atoms with Gasteiger partial charge in [0.15, 0.2) is 18.1 Å². The summed E-state index contributed by atoms with van der Waals surface area (Å²) in [5, 5.41) is 11.8. The van der Waals surface area contributed by atoms with Crippen molar-refractivity contribution in [1.29, 1.82) is 5.26 Å². The Labute approximate surface area is 177 Å². The van der Waals surface area contributed by atoms with Crippen LogP contribution in [0, 0.1) is 11.3 Å². The van der Waals surface area contributed by atoms with Gasteiger partial charge in [0.05, 0.1) is 18.7 Å². The molecule has 1 fully saturated rings. The summed E-state index contributed by atoms with van der Waals surface area (Å²) in [7, 11) is 3.66. The highest BCUT2D eigenvalue weighted by molar-refractivity contribution is 5.77. The fraction of sp³-hybridized carbons (Fsp3) is 0.391. The first-order valence-electron chi connectivity index (χ1n) is 10.0. The number of nitrogens with zero attached hydrogens (tertiary/aromatic N) is 3. The van der Waals surface area contributed by atoms with E-state index in [1.54, 1.807) is 18.2 Å². The van der Waals surface area contributed by atoms with E-state index >= 15 is 0 Å². The first-order chi connectivity index (χ1) is 14.6. The molecule has 0 atom stereocenters. The van der Waals surface area contributed by atoms with E-state index in [0.717, 1.165) is 38.3 Å². The smallest absolute Gasteiger partial charge is 0.258 e. The van der Waals surface area contributed by atoms with Crippen LogP contribution >= 0.6 is 0 Å². The number of carbonyl (C=O) groups excluding carboxylic acids is 1. The number of hydrogen-bond acceptors (Lipinski definition) is 6. The Hall–Kier alpha value is -3.08. The number of rotatable bonds is 8. The maximum atomic E-state index is 12.1. The largest absolute Gasteiger partial charge is 0.493 e. The van der Waals surface area contributed by atoms with Gasteiger partial charge in [0.25, 0.3) is 5.91 Å². The van der Waals surface area contributed by atoms with Crippen molar-refractivity contribution in [3.05, 3.63) is 59.2 Å². The fourth-order valence-electron chi connectivity index (χ4n) is 3.28. The van der Waals surface area contributed by atoms with E-state index in [2.05, 4.69) is 46.4 Å². The maximum absolute atomic E-state index is 12.1. The van der Waals surface area contributed by atoms with Gasteiger partial charge in [-0.25, -0.2) is 0 Å². The van der Waals surface area contributed by atoms with Gasteiger partial charge in [0.2, 0.25) is 0 Å². The highest BCUT2D eigenvalue weighted by Crippen LogP contribution is 2.27. The predicted octanol–water partition coefficient (Wildman–Crippen LogP) is 2.01. The van der Waals surface area contributed by atoms with E-state index in [-0.39, 0.29) is 12.5 Å².